The van der Waals surface area contributed by atoms with Gasteiger partial charge in [-0.15, -0.1) is 10.2 Å². The Balaban J connectivity index is 1.74. The molecule has 1 unspecified atom stereocenters. The van der Waals surface area contributed by atoms with Gasteiger partial charge in [-0.3, -0.25) is 4.79 Å². The van der Waals surface area contributed by atoms with Crippen LogP contribution in [0.3, 0.4) is 0 Å². The van der Waals surface area contributed by atoms with E-state index in [1.807, 2.05) is 0 Å². The number of halogens is 1. The van der Waals surface area contributed by atoms with Crippen LogP contribution < -0.4 is 10.6 Å². The maximum Gasteiger partial charge on any atom is 0.408 e. The summed E-state index contributed by atoms with van der Waals surface area (Å²) in [7, 11) is 0. The van der Waals surface area contributed by atoms with Crippen molar-refractivity contribution in [2.75, 3.05) is 5.32 Å². The number of benzene rings is 1. The molecule has 2 amide bonds. The van der Waals surface area contributed by atoms with Gasteiger partial charge in [-0.05, 0) is 58.7 Å². The molecule has 2 aromatic rings. The van der Waals surface area contributed by atoms with Crippen molar-refractivity contribution in [1.82, 2.24) is 20.1 Å². The van der Waals surface area contributed by atoms with Crippen molar-refractivity contribution < 1.29 is 18.7 Å². The van der Waals surface area contributed by atoms with Gasteiger partial charge < -0.3 is 19.9 Å². The summed E-state index contributed by atoms with van der Waals surface area (Å²) in [5.74, 6) is 0.444. The summed E-state index contributed by atoms with van der Waals surface area (Å²) in [6.07, 6.45) is 3.40. The molecule has 0 aliphatic carbocycles. The van der Waals surface area contributed by atoms with Crippen LogP contribution in [-0.4, -0.2) is 38.4 Å². The zero-order valence-corrected chi connectivity index (χ0v) is 17.8. The number of nitrogens with zero attached hydrogens (tertiary/aromatic N) is 3. The number of rotatable bonds is 4. The number of carbonyl (C=O) groups excluding carboxylic acids is 2. The van der Waals surface area contributed by atoms with E-state index in [-0.39, 0.29) is 5.69 Å². The van der Waals surface area contributed by atoms with Gasteiger partial charge in [0.15, 0.2) is 5.82 Å². The zero-order chi connectivity index (χ0) is 21.9. The number of aryl methyl sites for hydroxylation is 1. The van der Waals surface area contributed by atoms with Crippen molar-refractivity contribution >= 4 is 17.7 Å². The van der Waals surface area contributed by atoms with Gasteiger partial charge in [0, 0.05) is 18.5 Å². The van der Waals surface area contributed by atoms with Crippen molar-refractivity contribution in [2.45, 2.75) is 71.6 Å². The molecule has 1 aliphatic heterocycles. The smallest absolute Gasteiger partial charge is 0.408 e. The van der Waals surface area contributed by atoms with Crippen LogP contribution in [-0.2, 0) is 22.5 Å². The molecular formula is C21H28FN5O3. The third-order valence-electron chi connectivity index (χ3n) is 4.72. The van der Waals surface area contributed by atoms with Gasteiger partial charge >= 0.3 is 6.09 Å². The van der Waals surface area contributed by atoms with E-state index < -0.39 is 29.5 Å². The Kier molecular flexibility index (Phi) is 6.38. The van der Waals surface area contributed by atoms with Crippen LogP contribution >= 0.6 is 0 Å². The van der Waals surface area contributed by atoms with Crippen molar-refractivity contribution in [1.29, 1.82) is 0 Å². The third kappa shape index (κ3) is 5.34. The molecule has 1 aliphatic rings. The minimum Gasteiger partial charge on any atom is -0.444 e. The molecule has 2 N–H and O–H groups in total. The highest BCUT2D eigenvalue weighted by molar-refractivity contribution is 5.96. The van der Waals surface area contributed by atoms with E-state index in [0.29, 0.717) is 11.4 Å². The first kappa shape index (κ1) is 21.7. The van der Waals surface area contributed by atoms with E-state index in [1.54, 1.807) is 26.8 Å². The molecule has 0 fully saturated rings. The first-order valence-corrected chi connectivity index (χ1v) is 10.2. The van der Waals surface area contributed by atoms with Gasteiger partial charge in [-0.25, -0.2) is 9.18 Å². The van der Waals surface area contributed by atoms with E-state index in [1.165, 1.54) is 19.1 Å². The third-order valence-corrected chi connectivity index (χ3v) is 4.72. The Morgan fingerprint density at radius 1 is 1.20 bits per heavy atom. The average molecular weight is 417 g/mol. The maximum atomic E-state index is 14.4. The number of amides is 2. The molecule has 1 aromatic carbocycles. The summed E-state index contributed by atoms with van der Waals surface area (Å²) in [4.78, 5) is 24.3. The fourth-order valence-corrected chi connectivity index (χ4v) is 3.25. The fraction of sp³-hybridized carbons (Fsp3) is 0.524. The molecule has 1 atom stereocenters. The van der Waals surface area contributed by atoms with Gasteiger partial charge in [-0.1, -0.05) is 6.42 Å². The lowest BCUT2D eigenvalue weighted by atomic mass is 10.1. The summed E-state index contributed by atoms with van der Waals surface area (Å²) in [6.45, 7) is 7.49. The number of aromatic nitrogens is 3. The minimum atomic E-state index is -0.910. The Bertz CT molecular complexity index is 935. The molecule has 8 nitrogen and oxygen atoms in total. The monoisotopic (exact) mass is 417 g/mol. The number of nitrogens with one attached hydrogen (secondary N) is 2. The second-order valence-electron chi connectivity index (χ2n) is 8.45. The summed E-state index contributed by atoms with van der Waals surface area (Å²) in [5.41, 5.74) is -0.00168. The lowest BCUT2D eigenvalue weighted by Crippen LogP contribution is -2.44. The highest BCUT2D eigenvalue weighted by Gasteiger charge is 2.22. The van der Waals surface area contributed by atoms with Crippen LogP contribution in [0.25, 0.3) is 11.4 Å². The second-order valence-corrected chi connectivity index (χ2v) is 8.45. The molecule has 2 heterocycles. The maximum absolute atomic E-state index is 14.4. The summed E-state index contributed by atoms with van der Waals surface area (Å²) < 4.78 is 21.6. The highest BCUT2D eigenvalue weighted by atomic mass is 19.1. The Morgan fingerprint density at radius 2 is 1.97 bits per heavy atom. The molecular weight excluding hydrogens is 389 g/mol. The lowest BCUT2D eigenvalue weighted by Gasteiger charge is -2.21. The van der Waals surface area contributed by atoms with E-state index in [4.69, 9.17) is 4.74 Å². The van der Waals surface area contributed by atoms with Crippen LogP contribution in [0.1, 0.15) is 52.8 Å². The van der Waals surface area contributed by atoms with Crippen LogP contribution in [0.4, 0.5) is 14.9 Å². The first-order valence-electron chi connectivity index (χ1n) is 10.2. The Labute approximate surface area is 175 Å². The topological polar surface area (TPSA) is 98.1 Å². The Hall–Kier alpha value is -2.97. The number of alkyl carbamates (subject to hydrolysis) is 1. The lowest BCUT2D eigenvalue weighted by molar-refractivity contribution is -0.117. The van der Waals surface area contributed by atoms with Gasteiger partial charge in [0.1, 0.15) is 23.3 Å². The quantitative estimate of drug-likeness (QED) is 0.791. The standard InChI is InChI=1S/C21H28FN5O3/c1-13(23-20(29)30-21(2,3)4)19(28)24-16-12-14(9-10-15(16)22)18-26-25-17-8-6-5-7-11-27(17)18/h9-10,12-13H,5-8,11H2,1-4H3,(H,23,29)(H,24,28). The highest BCUT2D eigenvalue weighted by Crippen LogP contribution is 2.26. The van der Waals surface area contributed by atoms with Gasteiger partial charge in [0.25, 0.3) is 0 Å². The molecule has 0 bridgehead atoms. The number of fused-ring (bicyclic) bond motifs is 1. The zero-order valence-electron chi connectivity index (χ0n) is 17.8. The van der Waals surface area contributed by atoms with E-state index in [2.05, 4.69) is 25.4 Å². The van der Waals surface area contributed by atoms with Crippen molar-refractivity contribution in [3.05, 3.63) is 29.8 Å². The van der Waals surface area contributed by atoms with Crippen LogP contribution in [0.2, 0.25) is 0 Å². The summed E-state index contributed by atoms with van der Waals surface area (Å²) in [5, 5.41) is 13.5. The van der Waals surface area contributed by atoms with Gasteiger partial charge in [0.05, 0.1) is 5.69 Å². The molecule has 30 heavy (non-hydrogen) atoms. The molecule has 0 saturated heterocycles. The predicted octanol–water partition coefficient (Wildman–Crippen LogP) is 3.66. The summed E-state index contributed by atoms with van der Waals surface area (Å²) in [6, 6.07) is 3.53. The molecule has 3 rings (SSSR count). The van der Waals surface area contributed by atoms with E-state index >= 15 is 0 Å². The molecule has 162 valence electrons. The Morgan fingerprint density at radius 3 is 2.70 bits per heavy atom. The second kappa shape index (κ2) is 8.81. The van der Waals surface area contributed by atoms with E-state index in [0.717, 1.165) is 38.1 Å². The number of carbonyl (C=O) groups is 2. The number of hydrogen-bond donors (Lipinski definition) is 2. The van der Waals surface area contributed by atoms with Gasteiger partial charge in [0.2, 0.25) is 5.91 Å². The SMILES string of the molecule is CC(NC(=O)OC(C)(C)C)C(=O)Nc1cc(-c2nnc3n2CCCCC3)ccc1F. The predicted molar refractivity (Wildman–Crippen MR) is 110 cm³/mol. The van der Waals surface area contributed by atoms with Crippen molar-refractivity contribution in [3.8, 4) is 11.4 Å². The molecule has 0 saturated carbocycles. The molecule has 0 radical (unpaired) electrons. The number of hydrogen-bond acceptors (Lipinski definition) is 5. The number of ether oxygens (including phenoxy) is 1. The fourth-order valence-electron chi connectivity index (χ4n) is 3.25. The average Bonchev–Trinajstić information content (AvgIpc) is 2.90. The minimum absolute atomic E-state index is 0.0151. The van der Waals surface area contributed by atoms with Crippen molar-refractivity contribution in [2.24, 2.45) is 0 Å². The molecule has 9 heteroatoms. The van der Waals surface area contributed by atoms with Crippen LogP contribution in [0, 0.1) is 5.82 Å². The van der Waals surface area contributed by atoms with Crippen LogP contribution in [0.5, 0.6) is 0 Å². The molecule has 0 spiro atoms. The van der Waals surface area contributed by atoms with Crippen molar-refractivity contribution in [3.63, 3.8) is 0 Å². The molecule has 1 aromatic heterocycles. The first-order chi connectivity index (χ1) is 14.1. The van der Waals surface area contributed by atoms with Crippen LogP contribution in [0.15, 0.2) is 18.2 Å². The largest absolute Gasteiger partial charge is 0.444 e. The van der Waals surface area contributed by atoms with E-state index in [9.17, 15) is 14.0 Å². The normalized spacial score (nSPS) is 15.0. The number of anilines is 1. The van der Waals surface area contributed by atoms with Gasteiger partial charge in [-0.2, -0.15) is 0 Å². The summed E-state index contributed by atoms with van der Waals surface area (Å²) >= 11 is 0.